The molecule has 2 aromatic heterocycles. The van der Waals surface area contributed by atoms with Gasteiger partial charge in [0.25, 0.3) is 10.0 Å². The van der Waals surface area contributed by atoms with E-state index in [0.29, 0.717) is 4.34 Å². The van der Waals surface area contributed by atoms with Gasteiger partial charge < -0.3 is 9.30 Å². The van der Waals surface area contributed by atoms with Crippen LogP contribution in [0.2, 0.25) is 4.34 Å². The van der Waals surface area contributed by atoms with E-state index in [0.717, 1.165) is 32.7 Å². The number of fused-ring (bicyclic) bond motifs is 1. The van der Waals surface area contributed by atoms with Gasteiger partial charge in [0.15, 0.2) is 0 Å². The maximum atomic E-state index is 12.6. The molecule has 26 heavy (non-hydrogen) atoms. The number of benzene rings is 1. The van der Waals surface area contributed by atoms with E-state index in [1.165, 1.54) is 30.6 Å². The molecule has 0 fully saturated rings. The van der Waals surface area contributed by atoms with Gasteiger partial charge in [-0.1, -0.05) is 29.0 Å². The van der Waals surface area contributed by atoms with Crippen molar-refractivity contribution in [3.05, 3.63) is 44.5 Å². The molecule has 0 unspecified atom stereocenters. The normalized spacial score (nSPS) is 12.7. The molecular formula is C16H15ClN2O4S3. The van der Waals surface area contributed by atoms with Crippen LogP contribution >= 0.6 is 34.3 Å². The third-order valence-electron chi connectivity index (χ3n) is 3.63. The molecule has 0 aliphatic heterocycles. The van der Waals surface area contributed by atoms with Gasteiger partial charge in [-0.25, -0.2) is 0 Å². The lowest BCUT2D eigenvalue weighted by molar-refractivity contribution is -0.141. The number of aromatic nitrogens is 1. The Morgan fingerprint density at radius 2 is 2.00 bits per heavy atom. The van der Waals surface area contributed by atoms with Crippen LogP contribution in [0.1, 0.15) is 11.1 Å². The number of carbonyl (C=O) groups excluding carboxylic acids is 1. The Morgan fingerprint density at radius 1 is 1.27 bits per heavy atom. The molecule has 10 heteroatoms. The summed E-state index contributed by atoms with van der Waals surface area (Å²) in [5.41, 5.74) is 2.74. The number of esters is 1. The fourth-order valence-corrected chi connectivity index (χ4v) is 6.26. The first-order chi connectivity index (χ1) is 12.2. The zero-order valence-corrected chi connectivity index (χ0v) is 17.4. The molecule has 6 nitrogen and oxygen atoms in total. The summed E-state index contributed by atoms with van der Waals surface area (Å²) in [5, 5.41) is 0. The fourth-order valence-electron chi connectivity index (χ4n) is 2.51. The molecule has 0 aliphatic rings. The predicted molar refractivity (Wildman–Crippen MR) is 103 cm³/mol. The number of carbonyl (C=O) groups is 1. The highest BCUT2D eigenvalue weighted by atomic mass is 35.5. The molecule has 138 valence electrons. The number of halogens is 1. The second kappa shape index (κ2) is 7.15. The molecule has 0 atom stereocenters. The van der Waals surface area contributed by atoms with Crippen LogP contribution in [-0.2, 0) is 26.1 Å². The average Bonchev–Trinajstić information content (AvgIpc) is 3.13. The highest BCUT2D eigenvalue weighted by Crippen LogP contribution is 2.28. The number of hydrogen-bond acceptors (Lipinski definition) is 6. The third-order valence-corrected chi connectivity index (χ3v) is 7.94. The van der Waals surface area contributed by atoms with Gasteiger partial charge in [-0.2, -0.15) is 8.42 Å². The maximum absolute atomic E-state index is 12.6. The number of aryl methyl sites for hydroxylation is 2. The number of nitrogens with zero attached hydrogens (tertiary/aromatic N) is 2. The zero-order chi connectivity index (χ0) is 19.1. The second-order valence-corrected chi connectivity index (χ2v) is 10.1. The van der Waals surface area contributed by atoms with Crippen LogP contribution in [0.25, 0.3) is 10.2 Å². The number of thiophene rings is 1. The van der Waals surface area contributed by atoms with Gasteiger partial charge in [-0.3, -0.25) is 4.79 Å². The summed E-state index contributed by atoms with van der Waals surface area (Å²) in [4.78, 5) is 12.1. The van der Waals surface area contributed by atoms with E-state index in [1.54, 1.807) is 4.57 Å². The summed E-state index contributed by atoms with van der Waals surface area (Å²) in [7, 11) is -2.64. The highest BCUT2D eigenvalue weighted by Gasteiger charge is 2.19. The van der Waals surface area contributed by atoms with E-state index in [1.807, 2.05) is 26.0 Å². The minimum Gasteiger partial charge on any atom is -0.468 e. The van der Waals surface area contributed by atoms with Crippen LogP contribution < -0.4 is 4.80 Å². The third kappa shape index (κ3) is 3.71. The molecule has 3 aromatic rings. The Balaban J connectivity index is 2.29. The predicted octanol–water partition coefficient (Wildman–Crippen LogP) is 3.50. The van der Waals surface area contributed by atoms with E-state index >= 15 is 0 Å². The van der Waals surface area contributed by atoms with Crippen molar-refractivity contribution in [2.24, 2.45) is 4.40 Å². The first-order valence-electron chi connectivity index (χ1n) is 7.45. The minimum absolute atomic E-state index is 0.0532. The lowest BCUT2D eigenvalue weighted by Gasteiger charge is -2.05. The first-order valence-corrected chi connectivity index (χ1v) is 10.9. The van der Waals surface area contributed by atoms with Crippen molar-refractivity contribution in [1.29, 1.82) is 0 Å². The number of methoxy groups -OCH3 is 1. The van der Waals surface area contributed by atoms with Crippen molar-refractivity contribution in [3.8, 4) is 0 Å². The van der Waals surface area contributed by atoms with Crippen molar-refractivity contribution >= 4 is 60.5 Å². The van der Waals surface area contributed by atoms with Crippen molar-refractivity contribution in [2.75, 3.05) is 7.11 Å². The van der Waals surface area contributed by atoms with E-state index < -0.39 is 16.0 Å². The molecule has 0 aliphatic carbocycles. The topological polar surface area (TPSA) is 77.7 Å². The van der Waals surface area contributed by atoms with Crippen LogP contribution in [0.4, 0.5) is 0 Å². The van der Waals surface area contributed by atoms with Gasteiger partial charge in [0.1, 0.15) is 10.8 Å². The Labute approximate surface area is 163 Å². The number of hydrogen-bond donors (Lipinski definition) is 0. The van der Waals surface area contributed by atoms with Gasteiger partial charge in [0.05, 0.1) is 21.7 Å². The quantitative estimate of drug-likeness (QED) is 0.593. The monoisotopic (exact) mass is 430 g/mol. The first kappa shape index (κ1) is 19.1. The molecule has 0 N–H and O–H groups in total. The molecule has 3 rings (SSSR count). The molecule has 0 saturated carbocycles. The summed E-state index contributed by atoms with van der Waals surface area (Å²) >= 11 is 8.00. The summed E-state index contributed by atoms with van der Waals surface area (Å²) in [6, 6.07) is 6.82. The molecular weight excluding hydrogens is 416 g/mol. The standard InChI is InChI=1S/C16H15ClN2O4S3/c1-9-6-10(2)15-11(7-9)19(8-13(20)23-3)16(25-15)18-26(21,22)14-5-4-12(17)24-14/h4-7H,8H2,1-3H3/b18-16-. The zero-order valence-electron chi connectivity index (χ0n) is 14.1. The molecule has 2 heterocycles. The van der Waals surface area contributed by atoms with Crippen LogP contribution in [0, 0.1) is 13.8 Å². The molecule has 0 spiro atoms. The van der Waals surface area contributed by atoms with Crippen LogP contribution in [-0.4, -0.2) is 26.1 Å². The Kier molecular flexibility index (Phi) is 5.25. The maximum Gasteiger partial charge on any atom is 0.325 e. The fraction of sp³-hybridized carbons (Fsp3) is 0.250. The molecule has 0 radical (unpaired) electrons. The van der Waals surface area contributed by atoms with E-state index in [-0.39, 0.29) is 15.6 Å². The highest BCUT2D eigenvalue weighted by molar-refractivity contribution is 7.92. The Morgan fingerprint density at radius 3 is 2.62 bits per heavy atom. The summed E-state index contributed by atoms with van der Waals surface area (Å²) in [5.74, 6) is -0.484. The Bertz CT molecular complexity index is 1170. The minimum atomic E-state index is -3.93. The van der Waals surface area contributed by atoms with Gasteiger partial charge >= 0.3 is 5.97 Å². The van der Waals surface area contributed by atoms with E-state index in [9.17, 15) is 13.2 Å². The van der Waals surface area contributed by atoms with Gasteiger partial charge in [0, 0.05) is 0 Å². The van der Waals surface area contributed by atoms with Crippen molar-refractivity contribution in [2.45, 2.75) is 24.6 Å². The molecule has 0 bridgehead atoms. The molecule has 0 amide bonds. The lowest BCUT2D eigenvalue weighted by Crippen LogP contribution is -2.22. The van der Waals surface area contributed by atoms with Crippen molar-refractivity contribution < 1.29 is 17.9 Å². The number of rotatable bonds is 4. The van der Waals surface area contributed by atoms with Gasteiger partial charge in [-0.15, -0.1) is 15.7 Å². The van der Waals surface area contributed by atoms with Gasteiger partial charge in [0.2, 0.25) is 4.80 Å². The largest absolute Gasteiger partial charge is 0.468 e. The average molecular weight is 431 g/mol. The summed E-state index contributed by atoms with van der Waals surface area (Å²) in [6.45, 7) is 3.75. The molecule has 1 aromatic carbocycles. The van der Waals surface area contributed by atoms with Crippen molar-refractivity contribution in [3.63, 3.8) is 0 Å². The van der Waals surface area contributed by atoms with Crippen LogP contribution in [0.3, 0.4) is 0 Å². The summed E-state index contributed by atoms with van der Waals surface area (Å²) in [6.07, 6.45) is 0. The number of ether oxygens (including phenoxy) is 1. The van der Waals surface area contributed by atoms with Crippen LogP contribution in [0.5, 0.6) is 0 Å². The van der Waals surface area contributed by atoms with Crippen LogP contribution in [0.15, 0.2) is 32.9 Å². The molecule has 0 saturated heterocycles. The van der Waals surface area contributed by atoms with E-state index in [4.69, 9.17) is 16.3 Å². The lowest BCUT2D eigenvalue weighted by atomic mass is 10.1. The summed E-state index contributed by atoms with van der Waals surface area (Å²) < 4.78 is 36.8. The smallest absolute Gasteiger partial charge is 0.325 e. The number of thiazole rings is 1. The second-order valence-electron chi connectivity index (χ2n) is 5.60. The van der Waals surface area contributed by atoms with Gasteiger partial charge in [-0.05, 0) is 43.2 Å². The van der Waals surface area contributed by atoms with Crippen molar-refractivity contribution in [1.82, 2.24) is 4.57 Å². The number of sulfonamides is 1. The van der Waals surface area contributed by atoms with E-state index in [2.05, 4.69) is 4.40 Å². The SMILES string of the molecule is COC(=O)Cn1/c(=N/S(=O)(=O)c2ccc(Cl)s2)sc2c(C)cc(C)cc21. The Hall–Kier alpha value is -1.68.